The quantitative estimate of drug-likeness (QED) is 0.0730. The minimum absolute atomic E-state index is 0.630. The van der Waals surface area contributed by atoms with Crippen molar-refractivity contribution in [3.63, 3.8) is 0 Å². The van der Waals surface area contributed by atoms with Crippen molar-refractivity contribution in [3.8, 4) is 214 Å². The van der Waals surface area contributed by atoms with Crippen LogP contribution in [0.1, 0.15) is 16.7 Å². The van der Waals surface area contributed by atoms with E-state index in [1.807, 2.05) is 188 Å². The maximum absolute atomic E-state index is 5.09. The van der Waals surface area contributed by atoms with Crippen molar-refractivity contribution < 1.29 is 0 Å². The van der Waals surface area contributed by atoms with Crippen molar-refractivity contribution in [2.24, 2.45) is 0 Å². The molecule has 0 saturated heterocycles. The van der Waals surface area contributed by atoms with Crippen LogP contribution in [-0.4, -0.2) is 44.9 Å². The Kier molecular flexibility index (Phi) is 26.0. The molecule has 9 nitrogen and oxygen atoms in total. The molecule has 0 aliphatic heterocycles. The van der Waals surface area contributed by atoms with Crippen LogP contribution in [0.15, 0.2) is 534 Å². The average molecular weight is 1880 g/mol. The summed E-state index contributed by atoms with van der Waals surface area (Å²) in [4.78, 5) is 45.2. The van der Waals surface area contributed by atoms with Gasteiger partial charge >= 0.3 is 0 Å². The molecule has 3 aromatic heterocycles. The molecule has 9 heteroatoms. The van der Waals surface area contributed by atoms with E-state index in [0.717, 1.165) is 128 Å². The second-order valence-corrected chi connectivity index (χ2v) is 37.0. The van der Waals surface area contributed by atoms with Crippen molar-refractivity contribution in [2.45, 2.75) is 20.8 Å². The fourth-order valence-electron chi connectivity index (χ4n) is 19.1. The summed E-state index contributed by atoms with van der Waals surface area (Å²) in [5.74, 6) is 5.78. The molecule has 0 atom stereocenters. The fourth-order valence-corrected chi connectivity index (χ4v) is 19.1. The monoisotopic (exact) mass is 1880 g/mol. The number of benzene rings is 22. The van der Waals surface area contributed by atoms with Gasteiger partial charge in [0.15, 0.2) is 52.4 Å². The van der Waals surface area contributed by atoms with Crippen LogP contribution in [0.2, 0.25) is 0 Å². The van der Waals surface area contributed by atoms with E-state index in [-0.39, 0.29) is 0 Å². The molecule has 25 rings (SSSR count). The van der Waals surface area contributed by atoms with Crippen molar-refractivity contribution in [1.82, 2.24) is 44.9 Å². The minimum atomic E-state index is 0.630. The van der Waals surface area contributed by atoms with Gasteiger partial charge in [-0.3, -0.25) is 0 Å². The van der Waals surface area contributed by atoms with Crippen LogP contribution in [0.25, 0.3) is 246 Å². The number of rotatable bonds is 19. The number of aryl methyl sites for hydroxylation is 3. The van der Waals surface area contributed by atoms with Crippen molar-refractivity contribution in [1.29, 1.82) is 0 Å². The first-order valence-corrected chi connectivity index (χ1v) is 49.6. The number of nitrogens with zero attached hydrogens (tertiary/aromatic N) is 9. The molecule has 694 valence electrons. The third-order valence-electron chi connectivity index (χ3n) is 26.9. The van der Waals surface area contributed by atoms with Crippen molar-refractivity contribution in [2.75, 3.05) is 0 Å². The highest BCUT2D eigenvalue weighted by Crippen LogP contribution is 2.44. The summed E-state index contributed by atoms with van der Waals surface area (Å²) >= 11 is 0. The van der Waals surface area contributed by atoms with Gasteiger partial charge < -0.3 is 0 Å². The van der Waals surface area contributed by atoms with Crippen molar-refractivity contribution >= 4 is 32.3 Å². The zero-order valence-electron chi connectivity index (χ0n) is 81.3. The molecule has 0 unspecified atom stereocenters. The van der Waals surface area contributed by atoms with Crippen molar-refractivity contribution in [3.05, 3.63) is 551 Å². The second kappa shape index (κ2) is 41.8. The molecular weight excluding hydrogens is 1780 g/mol. The fraction of sp³-hybridized carbons (Fsp3) is 0.0217. The Morgan fingerprint density at radius 2 is 0.218 bits per heavy atom. The second-order valence-electron chi connectivity index (χ2n) is 37.0. The number of hydrogen-bond donors (Lipinski definition) is 0. The molecule has 0 radical (unpaired) electrons. The molecule has 0 N–H and O–H groups in total. The van der Waals surface area contributed by atoms with E-state index in [1.54, 1.807) is 0 Å². The summed E-state index contributed by atoms with van der Waals surface area (Å²) < 4.78 is 0. The largest absolute Gasteiger partial charge is 0.208 e. The summed E-state index contributed by atoms with van der Waals surface area (Å²) in [7, 11) is 0. The van der Waals surface area contributed by atoms with E-state index in [2.05, 4.69) is 367 Å². The molecule has 0 bridgehead atoms. The number of hydrogen-bond acceptors (Lipinski definition) is 9. The number of fused-ring (bicyclic) bond motifs is 6. The molecule has 3 heterocycles. The molecule has 0 aliphatic rings. The van der Waals surface area contributed by atoms with Crippen LogP contribution in [0, 0.1) is 20.8 Å². The van der Waals surface area contributed by atoms with Crippen LogP contribution in [0.3, 0.4) is 0 Å². The highest BCUT2D eigenvalue weighted by Gasteiger charge is 2.23. The van der Waals surface area contributed by atoms with Gasteiger partial charge in [-0.2, -0.15) is 0 Å². The van der Waals surface area contributed by atoms with Crippen LogP contribution < -0.4 is 0 Å². The first-order chi connectivity index (χ1) is 72.5. The third kappa shape index (κ3) is 20.5. The molecule has 25 aromatic rings. The summed E-state index contributed by atoms with van der Waals surface area (Å²) in [6, 6.07) is 187. The van der Waals surface area contributed by atoms with Crippen LogP contribution in [0.4, 0.5) is 0 Å². The summed E-state index contributed by atoms with van der Waals surface area (Å²) in [5, 5.41) is 7.57. The van der Waals surface area contributed by atoms with Gasteiger partial charge in [-0.25, -0.2) is 44.9 Å². The van der Waals surface area contributed by atoms with E-state index < -0.39 is 0 Å². The van der Waals surface area contributed by atoms with Gasteiger partial charge in [0.2, 0.25) is 0 Å². The lowest BCUT2D eigenvalue weighted by Gasteiger charge is -2.15. The summed E-state index contributed by atoms with van der Waals surface area (Å²) in [5.41, 5.74) is 35.1. The van der Waals surface area contributed by atoms with Crippen LogP contribution >= 0.6 is 0 Å². The first kappa shape index (κ1) is 91.4. The van der Waals surface area contributed by atoms with E-state index in [1.165, 1.54) is 82.4 Å². The van der Waals surface area contributed by atoms with Gasteiger partial charge in [-0.1, -0.05) is 472 Å². The zero-order valence-corrected chi connectivity index (χ0v) is 81.3. The number of aromatic nitrogens is 9. The first-order valence-electron chi connectivity index (χ1n) is 49.6. The Labute approximate surface area is 856 Å². The lowest BCUT2D eigenvalue weighted by molar-refractivity contribution is 1.07. The lowest BCUT2D eigenvalue weighted by Crippen LogP contribution is -2.00. The smallest absolute Gasteiger partial charge is 0.164 e. The highest BCUT2D eigenvalue weighted by atomic mass is 15.1. The van der Waals surface area contributed by atoms with Gasteiger partial charge in [-0.15, -0.1) is 0 Å². The highest BCUT2D eigenvalue weighted by molar-refractivity contribution is 6.26. The van der Waals surface area contributed by atoms with Crippen LogP contribution in [0.5, 0.6) is 0 Å². The third-order valence-corrected chi connectivity index (χ3v) is 26.9. The SMILES string of the molecule is Cc1ccc(-c2cc(-c3cc(-c4ccccc4)cc(-c4ccccc4)c3)cc(-c3nc(-c4ccccc4)nc(-c4ccccc4)n3)c2)cc1.Cc1ccc(-c2cc(-c3ccc(-c4ccc(-c5ccccc5)cc4)cc3)cc(-c3nc(-c4ccccc4)nc(-c4ccccc4)n3)c2)cc1.Cc1ccc(-c2cc(-c3ccc4c5ccccc5c5ccccc5c4c3)cc(-c3nc(-c4ccccc4)nc(-c4ccccc4)n3)c2)cc1. The topological polar surface area (TPSA) is 116 Å². The molecule has 0 spiro atoms. The molecule has 147 heavy (non-hydrogen) atoms. The maximum Gasteiger partial charge on any atom is 0.164 e. The molecule has 22 aromatic carbocycles. The van der Waals surface area contributed by atoms with Gasteiger partial charge in [0.25, 0.3) is 0 Å². The van der Waals surface area contributed by atoms with Gasteiger partial charge in [0, 0.05) is 50.1 Å². The van der Waals surface area contributed by atoms with Crippen LogP contribution in [-0.2, 0) is 0 Å². The van der Waals surface area contributed by atoms with Gasteiger partial charge in [-0.05, 0) is 243 Å². The summed E-state index contributed by atoms with van der Waals surface area (Å²) in [6.45, 7) is 6.35. The van der Waals surface area contributed by atoms with E-state index in [0.29, 0.717) is 52.4 Å². The van der Waals surface area contributed by atoms with E-state index in [4.69, 9.17) is 44.9 Å². The standard InChI is InChI=1S/C46H31N3.2C46H33N3/c1-30-20-22-31(23-21-30)35-26-36(34-24-25-42-40-18-9-8-16-38(40)39-17-10-11-19-41(39)43(42)29-34)28-37(27-35)46-48-44(32-12-4-2-5-13-32)47-45(49-46)33-14-6-3-7-15-33;1-32-22-24-35(25-23-32)40-29-42(41-27-38(33-14-6-2-7-15-33)26-39(28-41)34-16-8-3-9-17-34)31-43(30-40)46-48-44(36-18-10-4-11-19-36)47-45(49-46)37-20-12-5-13-21-37;1-32-17-19-37(20-18-32)41-29-42(38-27-25-36(26-28-38)35-23-21-34(22-24-35)33-11-5-2-6-12-33)31-43(30-41)46-48-44(39-13-7-3-8-14-39)47-45(49-46)40-15-9-4-10-16-40/h2-29H,1H3;2*2-31H,1H3. The van der Waals surface area contributed by atoms with Gasteiger partial charge in [0.1, 0.15) is 0 Å². The Morgan fingerprint density at radius 3 is 0.435 bits per heavy atom. The molecular formula is C138H97N9. The molecule has 0 aliphatic carbocycles. The lowest BCUT2D eigenvalue weighted by atomic mass is 9.90. The van der Waals surface area contributed by atoms with Gasteiger partial charge in [0.05, 0.1) is 0 Å². The zero-order chi connectivity index (χ0) is 98.7. The Hall–Kier alpha value is -19.4. The Bertz CT molecular complexity index is 8590. The predicted molar refractivity (Wildman–Crippen MR) is 609 cm³/mol. The average Bonchev–Trinajstić information content (AvgIpc) is 0.736. The maximum atomic E-state index is 5.09. The Balaban J connectivity index is 0.000000121. The Morgan fingerprint density at radius 1 is 0.0884 bits per heavy atom. The summed E-state index contributed by atoms with van der Waals surface area (Å²) in [6.07, 6.45) is 0. The predicted octanol–water partition coefficient (Wildman–Crippen LogP) is 35.7. The molecule has 0 amide bonds. The van der Waals surface area contributed by atoms with E-state index in [9.17, 15) is 0 Å². The molecule has 0 saturated carbocycles. The normalized spacial score (nSPS) is 11.1. The molecule has 0 fully saturated rings. The van der Waals surface area contributed by atoms with E-state index >= 15 is 0 Å². The minimum Gasteiger partial charge on any atom is -0.208 e.